The number of hydrogen-bond donors (Lipinski definition) is 2. The second-order valence-electron chi connectivity index (χ2n) is 5.51. The highest BCUT2D eigenvalue weighted by Crippen LogP contribution is 2.24. The number of aliphatic hydroxyl groups is 1. The van der Waals surface area contributed by atoms with Crippen molar-refractivity contribution in [3.63, 3.8) is 0 Å². The molecule has 3 heterocycles. The summed E-state index contributed by atoms with van der Waals surface area (Å²) in [4.78, 5) is 4.66. The standard InChI is InChI=1S/C13H22N4O/c18-9-11-2-1-3-13-15-12(16-17(11)13)8-10-4-6-14-7-5-10/h10-11,14,18H,1-9H2. The molecule has 0 spiro atoms. The maximum atomic E-state index is 9.37. The fourth-order valence-electron chi connectivity index (χ4n) is 3.08. The Morgan fingerprint density at radius 3 is 2.89 bits per heavy atom. The van der Waals surface area contributed by atoms with Crippen molar-refractivity contribution >= 4 is 0 Å². The van der Waals surface area contributed by atoms with E-state index in [4.69, 9.17) is 0 Å². The van der Waals surface area contributed by atoms with Gasteiger partial charge in [0.2, 0.25) is 0 Å². The molecule has 5 nitrogen and oxygen atoms in total. The summed E-state index contributed by atoms with van der Waals surface area (Å²) in [6, 6.07) is 0.156. The van der Waals surface area contributed by atoms with E-state index in [-0.39, 0.29) is 12.6 Å². The summed E-state index contributed by atoms with van der Waals surface area (Å²) in [6.07, 6.45) is 6.62. The van der Waals surface area contributed by atoms with Crippen LogP contribution in [0, 0.1) is 5.92 Å². The smallest absolute Gasteiger partial charge is 0.151 e. The lowest BCUT2D eigenvalue weighted by Crippen LogP contribution is -2.28. The SMILES string of the molecule is OCC1CCCc2nc(CC3CCNCC3)nn21. The molecule has 3 rings (SSSR count). The van der Waals surface area contributed by atoms with Crippen LogP contribution in [0.25, 0.3) is 0 Å². The van der Waals surface area contributed by atoms with Gasteiger partial charge < -0.3 is 10.4 Å². The Bertz CT molecular complexity index is 398. The van der Waals surface area contributed by atoms with Crippen LogP contribution in [0.15, 0.2) is 0 Å². The molecule has 0 aromatic carbocycles. The summed E-state index contributed by atoms with van der Waals surface area (Å²) in [5.41, 5.74) is 0. The van der Waals surface area contributed by atoms with Crippen molar-refractivity contribution in [2.45, 2.75) is 44.6 Å². The fraction of sp³-hybridized carbons (Fsp3) is 0.846. The minimum Gasteiger partial charge on any atom is -0.394 e. The van der Waals surface area contributed by atoms with Gasteiger partial charge in [0.1, 0.15) is 5.82 Å². The van der Waals surface area contributed by atoms with Gasteiger partial charge in [-0.2, -0.15) is 5.10 Å². The Balaban J connectivity index is 1.71. The molecule has 2 aliphatic rings. The van der Waals surface area contributed by atoms with Crippen molar-refractivity contribution in [1.29, 1.82) is 0 Å². The molecule has 1 fully saturated rings. The molecule has 1 atom stereocenters. The van der Waals surface area contributed by atoms with E-state index in [1.807, 2.05) is 4.68 Å². The van der Waals surface area contributed by atoms with Gasteiger partial charge in [-0.3, -0.25) is 0 Å². The van der Waals surface area contributed by atoms with Crippen LogP contribution in [0.3, 0.4) is 0 Å². The summed E-state index contributed by atoms with van der Waals surface area (Å²) >= 11 is 0. The lowest BCUT2D eigenvalue weighted by Gasteiger charge is -2.21. The number of nitrogens with zero attached hydrogens (tertiary/aromatic N) is 3. The fourth-order valence-corrected chi connectivity index (χ4v) is 3.08. The summed E-state index contributed by atoms with van der Waals surface area (Å²) in [7, 11) is 0. The average molecular weight is 250 g/mol. The summed E-state index contributed by atoms with van der Waals surface area (Å²) in [5.74, 6) is 2.78. The molecular weight excluding hydrogens is 228 g/mol. The van der Waals surface area contributed by atoms with Gasteiger partial charge in [-0.1, -0.05) is 0 Å². The van der Waals surface area contributed by atoms with Gasteiger partial charge in [0.15, 0.2) is 5.82 Å². The van der Waals surface area contributed by atoms with Gasteiger partial charge in [0.25, 0.3) is 0 Å². The molecule has 1 aromatic rings. The van der Waals surface area contributed by atoms with Crippen molar-refractivity contribution in [2.24, 2.45) is 5.92 Å². The van der Waals surface area contributed by atoms with Crippen molar-refractivity contribution < 1.29 is 5.11 Å². The van der Waals surface area contributed by atoms with Crippen LogP contribution in [0.1, 0.15) is 43.4 Å². The van der Waals surface area contributed by atoms with Crippen molar-refractivity contribution in [3.8, 4) is 0 Å². The molecule has 2 N–H and O–H groups in total. The van der Waals surface area contributed by atoms with Gasteiger partial charge >= 0.3 is 0 Å². The first-order chi connectivity index (χ1) is 8.86. The first kappa shape index (κ1) is 12.1. The number of piperidine rings is 1. The minimum absolute atomic E-state index is 0.156. The van der Waals surface area contributed by atoms with E-state index >= 15 is 0 Å². The molecule has 5 heteroatoms. The Morgan fingerprint density at radius 1 is 1.28 bits per heavy atom. The second-order valence-corrected chi connectivity index (χ2v) is 5.51. The molecule has 0 aliphatic carbocycles. The normalized spacial score (nSPS) is 25.1. The molecule has 18 heavy (non-hydrogen) atoms. The molecule has 0 amide bonds. The maximum Gasteiger partial charge on any atom is 0.151 e. The Labute approximate surface area is 108 Å². The van der Waals surface area contributed by atoms with Crippen molar-refractivity contribution in [2.75, 3.05) is 19.7 Å². The Hall–Kier alpha value is -0.940. The quantitative estimate of drug-likeness (QED) is 0.828. The van der Waals surface area contributed by atoms with E-state index in [0.29, 0.717) is 0 Å². The van der Waals surface area contributed by atoms with Gasteiger partial charge in [-0.05, 0) is 44.7 Å². The average Bonchev–Trinajstić information content (AvgIpc) is 2.82. The summed E-state index contributed by atoms with van der Waals surface area (Å²) in [6.45, 7) is 2.43. The van der Waals surface area contributed by atoms with E-state index in [2.05, 4.69) is 15.4 Å². The molecule has 1 aromatic heterocycles. The first-order valence-electron chi connectivity index (χ1n) is 7.12. The zero-order valence-corrected chi connectivity index (χ0v) is 10.8. The molecule has 0 radical (unpaired) electrons. The highest BCUT2D eigenvalue weighted by molar-refractivity contribution is 4.99. The third kappa shape index (κ3) is 2.42. The van der Waals surface area contributed by atoms with Gasteiger partial charge in [-0.15, -0.1) is 0 Å². The Morgan fingerprint density at radius 2 is 2.11 bits per heavy atom. The summed E-state index contributed by atoms with van der Waals surface area (Å²) in [5, 5.41) is 17.4. The number of rotatable bonds is 3. The predicted octanol–water partition coefficient (Wildman–Crippen LogP) is 0.690. The number of aliphatic hydroxyl groups excluding tert-OH is 1. The zero-order valence-electron chi connectivity index (χ0n) is 10.8. The number of nitrogens with one attached hydrogen (secondary N) is 1. The summed E-state index contributed by atoms with van der Waals surface area (Å²) < 4.78 is 1.97. The lowest BCUT2D eigenvalue weighted by atomic mass is 9.94. The van der Waals surface area contributed by atoms with E-state index in [9.17, 15) is 5.11 Å². The second kappa shape index (κ2) is 5.36. The van der Waals surface area contributed by atoms with Crippen molar-refractivity contribution in [3.05, 3.63) is 11.6 Å². The van der Waals surface area contributed by atoms with Gasteiger partial charge in [0.05, 0.1) is 12.6 Å². The van der Waals surface area contributed by atoms with Crippen LogP contribution in [0.2, 0.25) is 0 Å². The number of aryl methyl sites for hydroxylation is 1. The third-order valence-electron chi connectivity index (χ3n) is 4.17. The molecule has 1 saturated heterocycles. The largest absolute Gasteiger partial charge is 0.394 e. The third-order valence-corrected chi connectivity index (χ3v) is 4.17. The zero-order chi connectivity index (χ0) is 12.4. The van der Waals surface area contributed by atoms with E-state index in [0.717, 1.165) is 56.3 Å². The molecule has 100 valence electrons. The first-order valence-corrected chi connectivity index (χ1v) is 7.12. The van der Waals surface area contributed by atoms with Crippen LogP contribution in [0.4, 0.5) is 0 Å². The van der Waals surface area contributed by atoms with Crippen molar-refractivity contribution in [1.82, 2.24) is 20.1 Å². The minimum atomic E-state index is 0.156. The lowest BCUT2D eigenvalue weighted by molar-refractivity contribution is 0.194. The molecule has 0 saturated carbocycles. The van der Waals surface area contributed by atoms with Gasteiger partial charge in [-0.25, -0.2) is 9.67 Å². The van der Waals surface area contributed by atoms with Crippen LogP contribution in [-0.2, 0) is 12.8 Å². The highest BCUT2D eigenvalue weighted by atomic mass is 16.3. The number of fused-ring (bicyclic) bond motifs is 1. The Kier molecular flexibility index (Phi) is 3.61. The van der Waals surface area contributed by atoms with Crippen LogP contribution >= 0.6 is 0 Å². The number of aromatic nitrogens is 3. The maximum absolute atomic E-state index is 9.37. The van der Waals surface area contributed by atoms with E-state index < -0.39 is 0 Å². The van der Waals surface area contributed by atoms with Gasteiger partial charge in [0, 0.05) is 12.8 Å². The monoisotopic (exact) mass is 250 g/mol. The molecule has 2 aliphatic heterocycles. The predicted molar refractivity (Wildman–Crippen MR) is 68.4 cm³/mol. The molecule has 1 unspecified atom stereocenters. The topological polar surface area (TPSA) is 63.0 Å². The highest BCUT2D eigenvalue weighted by Gasteiger charge is 2.23. The molecule has 0 bridgehead atoms. The van der Waals surface area contributed by atoms with Crippen LogP contribution < -0.4 is 5.32 Å². The van der Waals surface area contributed by atoms with Crippen LogP contribution in [0.5, 0.6) is 0 Å². The number of hydrogen-bond acceptors (Lipinski definition) is 4. The van der Waals surface area contributed by atoms with Crippen LogP contribution in [-0.4, -0.2) is 39.6 Å². The van der Waals surface area contributed by atoms with E-state index in [1.54, 1.807) is 0 Å². The molecular formula is C13H22N4O. The van der Waals surface area contributed by atoms with E-state index in [1.165, 1.54) is 12.8 Å².